The summed E-state index contributed by atoms with van der Waals surface area (Å²) in [6.07, 6.45) is 1.99. The average molecular weight is 386 g/mol. The van der Waals surface area contributed by atoms with Gasteiger partial charge in [0.05, 0.1) is 12.2 Å². The molecule has 0 unspecified atom stereocenters. The number of carbonyl (C=O) groups excluding carboxylic acids is 1. The van der Waals surface area contributed by atoms with Crippen LogP contribution >= 0.6 is 0 Å². The first kappa shape index (κ1) is 18.7. The minimum atomic E-state index is -0.202. The van der Waals surface area contributed by atoms with Crippen LogP contribution in [-0.2, 0) is 0 Å². The molecule has 0 aliphatic heterocycles. The van der Waals surface area contributed by atoms with E-state index in [4.69, 9.17) is 9.15 Å². The molecule has 0 aliphatic carbocycles. The average Bonchev–Trinajstić information content (AvgIpc) is 3.19. The zero-order chi connectivity index (χ0) is 20.1. The van der Waals surface area contributed by atoms with Crippen molar-refractivity contribution in [2.24, 2.45) is 0 Å². The van der Waals surface area contributed by atoms with Gasteiger partial charge in [-0.05, 0) is 55.0 Å². The number of benzene rings is 3. The Morgan fingerprint density at radius 2 is 1.76 bits per heavy atom. The van der Waals surface area contributed by atoms with Crippen LogP contribution in [0, 0.1) is 0 Å². The molecule has 0 aliphatic rings. The summed E-state index contributed by atoms with van der Waals surface area (Å²) in [5.74, 6) is 0.951. The molecule has 0 bridgehead atoms. The van der Waals surface area contributed by atoms with Crippen LogP contribution in [-0.4, -0.2) is 17.5 Å². The molecule has 0 spiro atoms. The quantitative estimate of drug-likeness (QED) is 0.400. The molecule has 0 radical (unpaired) electrons. The number of rotatable bonds is 7. The van der Waals surface area contributed by atoms with Crippen molar-refractivity contribution >= 4 is 22.7 Å². The predicted molar refractivity (Wildman–Crippen MR) is 114 cm³/mol. The van der Waals surface area contributed by atoms with Gasteiger partial charge in [0.25, 0.3) is 5.91 Å². The van der Waals surface area contributed by atoms with Crippen molar-refractivity contribution in [3.05, 3.63) is 78.4 Å². The van der Waals surface area contributed by atoms with Crippen LogP contribution in [0.1, 0.15) is 30.1 Å². The highest BCUT2D eigenvalue weighted by atomic mass is 16.5. The van der Waals surface area contributed by atoms with Crippen molar-refractivity contribution in [2.45, 2.75) is 19.8 Å². The fourth-order valence-electron chi connectivity index (χ4n) is 3.00. The SMILES string of the molecule is CCCCOc1ccccc1C(=O)Nc1ccc(-c2nc3ccccc3o2)cc1. The third-order valence-electron chi connectivity index (χ3n) is 4.57. The molecule has 1 N–H and O–H groups in total. The van der Waals surface area contributed by atoms with E-state index in [-0.39, 0.29) is 5.91 Å². The van der Waals surface area contributed by atoms with Crippen molar-refractivity contribution in [3.63, 3.8) is 0 Å². The van der Waals surface area contributed by atoms with E-state index in [1.807, 2.05) is 66.7 Å². The molecule has 0 atom stereocenters. The summed E-state index contributed by atoms with van der Waals surface area (Å²) < 4.78 is 11.6. The van der Waals surface area contributed by atoms with Crippen LogP contribution in [0.25, 0.3) is 22.6 Å². The van der Waals surface area contributed by atoms with Gasteiger partial charge in [-0.1, -0.05) is 37.6 Å². The summed E-state index contributed by atoms with van der Waals surface area (Å²) in [7, 11) is 0. The number of anilines is 1. The number of nitrogens with one attached hydrogen (secondary N) is 1. The van der Waals surface area contributed by atoms with Crippen LogP contribution in [0.2, 0.25) is 0 Å². The summed E-state index contributed by atoms with van der Waals surface area (Å²) in [5, 5.41) is 2.92. The lowest BCUT2D eigenvalue weighted by Gasteiger charge is -2.11. The number of ether oxygens (including phenoxy) is 1. The van der Waals surface area contributed by atoms with Crippen molar-refractivity contribution in [2.75, 3.05) is 11.9 Å². The van der Waals surface area contributed by atoms with Gasteiger partial charge in [-0.3, -0.25) is 4.79 Å². The standard InChI is InChI=1S/C24H22N2O3/c1-2-3-16-28-21-10-6-4-8-19(21)23(27)25-18-14-12-17(13-15-18)24-26-20-9-5-7-11-22(20)29-24/h4-15H,2-3,16H2,1H3,(H,25,27). The zero-order valence-corrected chi connectivity index (χ0v) is 16.2. The Morgan fingerprint density at radius 3 is 2.55 bits per heavy atom. The number of para-hydroxylation sites is 3. The first-order valence-corrected chi connectivity index (χ1v) is 9.74. The Kier molecular flexibility index (Phi) is 5.56. The second kappa shape index (κ2) is 8.61. The fraction of sp³-hybridized carbons (Fsp3) is 0.167. The Bertz CT molecular complexity index is 1080. The van der Waals surface area contributed by atoms with Crippen LogP contribution < -0.4 is 10.1 Å². The number of carbonyl (C=O) groups is 1. The summed E-state index contributed by atoms with van der Waals surface area (Å²) in [6.45, 7) is 2.70. The Hall–Kier alpha value is -3.60. The number of hydrogen-bond donors (Lipinski definition) is 1. The molecule has 0 fully saturated rings. The minimum Gasteiger partial charge on any atom is -0.493 e. The van der Waals surface area contributed by atoms with E-state index in [0.717, 1.165) is 29.5 Å². The van der Waals surface area contributed by atoms with Gasteiger partial charge < -0.3 is 14.5 Å². The monoisotopic (exact) mass is 386 g/mol. The number of fused-ring (bicyclic) bond motifs is 1. The molecule has 5 heteroatoms. The molecule has 1 heterocycles. The first-order chi connectivity index (χ1) is 14.2. The van der Waals surface area contributed by atoms with E-state index < -0.39 is 0 Å². The number of oxazole rings is 1. The van der Waals surface area contributed by atoms with Gasteiger partial charge in [-0.15, -0.1) is 0 Å². The van der Waals surface area contributed by atoms with Gasteiger partial charge in [-0.2, -0.15) is 0 Å². The van der Waals surface area contributed by atoms with Gasteiger partial charge in [-0.25, -0.2) is 4.98 Å². The lowest BCUT2D eigenvalue weighted by molar-refractivity contribution is 0.102. The number of amides is 1. The lowest BCUT2D eigenvalue weighted by Crippen LogP contribution is -2.13. The van der Waals surface area contributed by atoms with Gasteiger partial charge in [0, 0.05) is 11.3 Å². The van der Waals surface area contributed by atoms with E-state index in [0.29, 0.717) is 29.5 Å². The maximum Gasteiger partial charge on any atom is 0.259 e. The topological polar surface area (TPSA) is 64.4 Å². The minimum absolute atomic E-state index is 0.202. The van der Waals surface area contributed by atoms with Crippen LogP contribution in [0.5, 0.6) is 5.75 Å². The maximum atomic E-state index is 12.7. The molecular formula is C24H22N2O3. The summed E-state index contributed by atoms with van der Waals surface area (Å²) >= 11 is 0. The van der Waals surface area contributed by atoms with Crippen LogP contribution in [0.3, 0.4) is 0 Å². The smallest absolute Gasteiger partial charge is 0.259 e. The number of nitrogens with zero attached hydrogens (tertiary/aromatic N) is 1. The molecule has 1 amide bonds. The third kappa shape index (κ3) is 4.29. The third-order valence-corrected chi connectivity index (χ3v) is 4.57. The van der Waals surface area contributed by atoms with Gasteiger partial charge in [0.15, 0.2) is 5.58 Å². The van der Waals surface area contributed by atoms with Gasteiger partial charge in [0.2, 0.25) is 5.89 Å². The number of unbranched alkanes of at least 4 members (excludes halogenated alkanes) is 1. The van der Waals surface area contributed by atoms with E-state index in [9.17, 15) is 4.79 Å². The van der Waals surface area contributed by atoms with Gasteiger partial charge in [0.1, 0.15) is 11.3 Å². The largest absolute Gasteiger partial charge is 0.493 e. The molecular weight excluding hydrogens is 364 g/mol. The Balaban J connectivity index is 1.48. The first-order valence-electron chi connectivity index (χ1n) is 9.74. The second-order valence-electron chi connectivity index (χ2n) is 6.72. The molecule has 4 aromatic rings. The highest BCUT2D eigenvalue weighted by Gasteiger charge is 2.13. The molecule has 146 valence electrons. The Morgan fingerprint density at radius 1 is 1.00 bits per heavy atom. The van der Waals surface area contributed by atoms with Crippen molar-refractivity contribution in [3.8, 4) is 17.2 Å². The second-order valence-corrected chi connectivity index (χ2v) is 6.72. The summed E-state index contributed by atoms with van der Waals surface area (Å²) in [4.78, 5) is 17.2. The highest BCUT2D eigenvalue weighted by Crippen LogP contribution is 2.26. The van der Waals surface area contributed by atoms with Crippen molar-refractivity contribution in [1.29, 1.82) is 0 Å². The van der Waals surface area contributed by atoms with Crippen molar-refractivity contribution < 1.29 is 13.9 Å². The number of aromatic nitrogens is 1. The number of hydrogen-bond acceptors (Lipinski definition) is 4. The fourth-order valence-corrected chi connectivity index (χ4v) is 3.00. The van der Waals surface area contributed by atoms with Gasteiger partial charge >= 0.3 is 0 Å². The summed E-state index contributed by atoms with van der Waals surface area (Å²) in [6, 6.07) is 22.4. The molecule has 0 saturated heterocycles. The lowest BCUT2D eigenvalue weighted by atomic mass is 10.1. The van der Waals surface area contributed by atoms with Crippen LogP contribution in [0.15, 0.2) is 77.2 Å². The molecule has 0 saturated carbocycles. The van der Waals surface area contributed by atoms with Crippen LogP contribution in [0.4, 0.5) is 5.69 Å². The molecule has 1 aromatic heterocycles. The molecule has 5 nitrogen and oxygen atoms in total. The molecule has 3 aromatic carbocycles. The Labute approximate surface area is 169 Å². The van der Waals surface area contributed by atoms with E-state index >= 15 is 0 Å². The predicted octanol–water partition coefficient (Wildman–Crippen LogP) is 5.93. The van der Waals surface area contributed by atoms with Crippen molar-refractivity contribution in [1.82, 2.24) is 4.98 Å². The van der Waals surface area contributed by atoms with E-state index in [1.165, 1.54) is 0 Å². The zero-order valence-electron chi connectivity index (χ0n) is 16.2. The maximum absolute atomic E-state index is 12.7. The highest BCUT2D eigenvalue weighted by molar-refractivity contribution is 6.06. The van der Waals surface area contributed by atoms with E-state index in [1.54, 1.807) is 6.07 Å². The molecule has 4 rings (SSSR count). The summed E-state index contributed by atoms with van der Waals surface area (Å²) in [5.41, 5.74) is 3.63. The van der Waals surface area contributed by atoms with E-state index in [2.05, 4.69) is 17.2 Å². The molecule has 29 heavy (non-hydrogen) atoms. The normalized spacial score (nSPS) is 10.8.